The van der Waals surface area contributed by atoms with Crippen LogP contribution < -0.4 is 0 Å². The third-order valence-electron chi connectivity index (χ3n) is 3.49. The maximum absolute atomic E-state index is 13.0. The van der Waals surface area contributed by atoms with Gasteiger partial charge in [-0.3, -0.25) is 4.98 Å². The SMILES string of the molecule is CC(O)(CC1CCCC1)c1cncc(F)c1. The van der Waals surface area contributed by atoms with Gasteiger partial charge in [0.15, 0.2) is 0 Å². The van der Waals surface area contributed by atoms with Gasteiger partial charge in [0.2, 0.25) is 0 Å². The summed E-state index contributed by atoms with van der Waals surface area (Å²) in [6.45, 7) is 1.75. The molecule has 88 valence electrons. The summed E-state index contributed by atoms with van der Waals surface area (Å²) in [6.07, 6.45) is 8.29. The van der Waals surface area contributed by atoms with E-state index < -0.39 is 5.60 Å². The van der Waals surface area contributed by atoms with Crippen LogP contribution in [-0.2, 0) is 5.60 Å². The molecule has 0 amide bonds. The Hall–Kier alpha value is -0.960. The third-order valence-corrected chi connectivity index (χ3v) is 3.49. The van der Waals surface area contributed by atoms with Gasteiger partial charge in [-0.2, -0.15) is 0 Å². The van der Waals surface area contributed by atoms with E-state index in [-0.39, 0.29) is 5.82 Å². The lowest BCUT2D eigenvalue weighted by atomic mass is 9.86. The molecule has 1 saturated carbocycles. The van der Waals surface area contributed by atoms with Crippen molar-refractivity contribution in [2.75, 3.05) is 0 Å². The van der Waals surface area contributed by atoms with Crippen LogP contribution in [0, 0.1) is 11.7 Å². The molecule has 0 saturated heterocycles. The number of hydrogen-bond acceptors (Lipinski definition) is 2. The van der Waals surface area contributed by atoms with Crippen molar-refractivity contribution in [2.45, 2.75) is 44.6 Å². The normalized spacial score (nSPS) is 20.9. The van der Waals surface area contributed by atoms with Crippen LogP contribution in [0.25, 0.3) is 0 Å². The van der Waals surface area contributed by atoms with Crippen molar-refractivity contribution in [3.63, 3.8) is 0 Å². The van der Waals surface area contributed by atoms with E-state index in [4.69, 9.17) is 0 Å². The Kier molecular flexibility index (Phi) is 3.24. The molecule has 0 aliphatic heterocycles. The maximum atomic E-state index is 13.0. The number of pyridine rings is 1. The van der Waals surface area contributed by atoms with Crippen molar-refractivity contribution in [1.82, 2.24) is 4.98 Å². The molecular weight excluding hydrogens is 205 g/mol. The highest BCUT2D eigenvalue weighted by molar-refractivity contribution is 5.18. The first kappa shape index (κ1) is 11.5. The zero-order valence-corrected chi connectivity index (χ0v) is 9.62. The van der Waals surface area contributed by atoms with Crippen LogP contribution in [0.5, 0.6) is 0 Å². The van der Waals surface area contributed by atoms with Crippen LogP contribution in [0.1, 0.15) is 44.6 Å². The molecule has 16 heavy (non-hydrogen) atoms. The van der Waals surface area contributed by atoms with E-state index in [9.17, 15) is 9.50 Å². The van der Waals surface area contributed by atoms with Crippen molar-refractivity contribution in [3.05, 3.63) is 29.8 Å². The van der Waals surface area contributed by atoms with Gasteiger partial charge in [0.25, 0.3) is 0 Å². The van der Waals surface area contributed by atoms with E-state index in [1.807, 2.05) is 0 Å². The molecule has 1 aromatic heterocycles. The molecule has 1 atom stereocenters. The third kappa shape index (κ3) is 2.59. The molecule has 1 aromatic rings. The first-order valence-corrected chi connectivity index (χ1v) is 5.91. The summed E-state index contributed by atoms with van der Waals surface area (Å²) >= 11 is 0. The second kappa shape index (κ2) is 4.50. The Labute approximate surface area is 95.5 Å². The van der Waals surface area contributed by atoms with Crippen LogP contribution in [-0.4, -0.2) is 10.1 Å². The predicted molar refractivity (Wildman–Crippen MR) is 60.3 cm³/mol. The molecule has 0 bridgehead atoms. The number of halogens is 1. The number of nitrogens with zero attached hydrogens (tertiary/aromatic N) is 1. The second-order valence-corrected chi connectivity index (χ2v) is 5.02. The summed E-state index contributed by atoms with van der Waals surface area (Å²) in [7, 11) is 0. The van der Waals surface area contributed by atoms with Crippen molar-refractivity contribution in [1.29, 1.82) is 0 Å². The minimum absolute atomic E-state index is 0.385. The van der Waals surface area contributed by atoms with E-state index >= 15 is 0 Å². The van der Waals surface area contributed by atoms with Crippen molar-refractivity contribution < 1.29 is 9.50 Å². The van der Waals surface area contributed by atoms with Crippen LogP contribution in [0.3, 0.4) is 0 Å². The minimum atomic E-state index is -0.954. The Balaban J connectivity index is 2.10. The molecule has 2 nitrogen and oxygen atoms in total. The number of aliphatic hydroxyl groups is 1. The molecule has 1 heterocycles. The fourth-order valence-corrected chi connectivity index (χ4v) is 2.60. The molecule has 1 aliphatic carbocycles. The van der Waals surface area contributed by atoms with Crippen LogP contribution in [0.2, 0.25) is 0 Å². The molecule has 2 rings (SSSR count). The van der Waals surface area contributed by atoms with E-state index in [1.54, 1.807) is 13.1 Å². The van der Waals surface area contributed by atoms with Crippen LogP contribution in [0.15, 0.2) is 18.5 Å². The van der Waals surface area contributed by atoms with Crippen LogP contribution in [0.4, 0.5) is 4.39 Å². The summed E-state index contributed by atoms with van der Waals surface area (Å²) < 4.78 is 13.0. The average Bonchev–Trinajstić information content (AvgIpc) is 2.70. The van der Waals surface area contributed by atoms with Crippen LogP contribution >= 0.6 is 0 Å². The smallest absolute Gasteiger partial charge is 0.141 e. The van der Waals surface area contributed by atoms with Crippen molar-refractivity contribution in [3.8, 4) is 0 Å². The number of rotatable bonds is 3. The van der Waals surface area contributed by atoms with Gasteiger partial charge in [0.05, 0.1) is 11.8 Å². The van der Waals surface area contributed by atoms with E-state index in [2.05, 4.69) is 4.98 Å². The molecule has 1 N–H and O–H groups in total. The molecule has 1 unspecified atom stereocenters. The first-order chi connectivity index (χ1) is 7.58. The molecule has 0 aromatic carbocycles. The topological polar surface area (TPSA) is 33.1 Å². The van der Waals surface area contributed by atoms with Gasteiger partial charge in [-0.15, -0.1) is 0 Å². The molecule has 3 heteroatoms. The summed E-state index contributed by atoms with van der Waals surface area (Å²) in [6, 6.07) is 1.38. The molecular formula is C13H18FNO. The zero-order valence-electron chi connectivity index (χ0n) is 9.62. The Morgan fingerprint density at radius 3 is 2.75 bits per heavy atom. The van der Waals surface area contributed by atoms with E-state index in [0.717, 1.165) is 6.20 Å². The van der Waals surface area contributed by atoms with Crippen molar-refractivity contribution >= 4 is 0 Å². The summed E-state index contributed by atoms with van der Waals surface area (Å²) in [5.74, 6) is 0.183. The van der Waals surface area contributed by atoms with Gasteiger partial charge in [-0.05, 0) is 25.3 Å². The van der Waals surface area contributed by atoms with Gasteiger partial charge in [-0.1, -0.05) is 25.7 Å². The first-order valence-electron chi connectivity index (χ1n) is 5.91. The zero-order chi connectivity index (χ0) is 11.6. The standard InChI is InChI=1S/C13H18FNO/c1-13(16,7-10-4-2-3-5-10)11-6-12(14)9-15-8-11/h6,8-10,16H,2-5,7H2,1H3. The van der Waals surface area contributed by atoms with Gasteiger partial charge in [-0.25, -0.2) is 4.39 Å². The Bertz CT molecular complexity index is 359. The molecule has 1 aliphatic rings. The fourth-order valence-electron chi connectivity index (χ4n) is 2.60. The highest BCUT2D eigenvalue weighted by Gasteiger charge is 2.29. The van der Waals surface area contributed by atoms with Gasteiger partial charge >= 0.3 is 0 Å². The Morgan fingerprint density at radius 1 is 1.44 bits per heavy atom. The number of hydrogen-bond donors (Lipinski definition) is 1. The lowest BCUT2D eigenvalue weighted by molar-refractivity contribution is 0.0301. The van der Waals surface area contributed by atoms with E-state index in [0.29, 0.717) is 17.9 Å². The lowest BCUT2D eigenvalue weighted by Crippen LogP contribution is -2.24. The minimum Gasteiger partial charge on any atom is -0.385 e. The molecule has 0 radical (unpaired) electrons. The summed E-state index contributed by atoms with van der Waals surface area (Å²) in [5, 5.41) is 10.4. The van der Waals surface area contributed by atoms with Crippen molar-refractivity contribution in [2.24, 2.45) is 5.92 Å². The molecule has 1 fully saturated rings. The molecule has 0 spiro atoms. The predicted octanol–water partition coefficient (Wildman–Crippen LogP) is 3.01. The van der Waals surface area contributed by atoms with Gasteiger partial charge in [0, 0.05) is 11.8 Å². The quantitative estimate of drug-likeness (QED) is 0.854. The maximum Gasteiger partial charge on any atom is 0.141 e. The summed E-state index contributed by atoms with van der Waals surface area (Å²) in [5.41, 5.74) is -0.371. The highest BCUT2D eigenvalue weighted by atomic mass is 19.1. The average molecular weight is 223 g/mol. The highest BCUT2D eigenvalue weighted by Crippen LogP contribution is 2.36. The lowest BCUT2D eigenvalue weighted by Gasteiger charge is -2.26. The fraction of sp³-hybridized carbons (Fsp3) is 0.615. The second-order valence-electron chi connectivity index (χ2n) is 5.02. The largest absolute Gasteiger partial charge is 0.385 e. The van der Waals surface area contributed by atoms with Gasteiger partial charge in [0.1, 0.15) is 5.82 Å². The Morgan fingerprint density at radius 2 is 2.12 bits per heavy atom. The van der Waals surface area contributed by atoms with Gasteiger partial charge < -0.3 is 5.11 Å². The van der Waals surface area contributed by atoms with E-state index in [1.165, 1.54) is 31.7 Å². The summed E-state index contributed by atoms with van der Waals surface area (Å²) in [4.78, 5) is 3.79. The monoisotopic (exact) mass is 223 g/mol. The number of aromatic nitrogens is 1.